The molecule has 0 saturated heterocycles. The van der Waals surface area contributed by atoms with Crippen LogP contribution in [-0.2, 0) is 9.53 Å². The first kappa shape index (κ1) is 13.2. The predicted octanol–water partition coefficient (Wildman–Crippen LogP) is 3.18. The third-order valence-electron chi connectivity index (χ3n) is 2.05. The van der Waals surface area contributed by atoms with Crippen LogP contribution in [0.25, 0.3) is 0 Å². The Labute approximate surface area is 87.3 Å². The van der Waals surface area contributed by atoms with Crippen molar-refractivity contribution in [3.05, 3.63) is 12.2 Å². The second kappa shape index (κ2) is 4.16. The van der Waals surface area contributed by atoms with Crippen LogP contribution in [0.2, 0.25) is 0 Å². The molecule has 0 heterocycles. The first-order chi connectivity index (χ1) is 6.05. The van der Waals surface area contributed by atoms with Crippen LogP contribution in [0, 0.1) is 10.8 Å². The maximum atomic E-state index is 11.4. The van der Waals surface area contributed by atoms with Crippen molar-refractivity contribution < 1.29 is 9.53 Å². The monoisotopic (exact) mass is 198 g/mol. The molecule has 0 aromatic rings. The van der Waals surface area contributed by atoms with E-state index in [1.807, 2.05) is 20.8 Å². The molecule has 0 aliphatic carbocycles. The quantitative estimate of drug-likeness (QED) is 0.503. The van der Waals surface area contributed by atoms with E-state index in [4.69, 9.17) is 4.74 Å². The number of hydrogen-bond donors (Lipinski definition) is 0. The summed E-state index contributed by atoms with van der Waals surface area (Å²) < 4.78 is 5.16. The van der Waals surface area contributed by atoms with Crippen LogP contribution in [0.1, 0.15) is 41.5 Å². The van der Waals surface area contributed by atoms with Gasteiger partial charge in [0.15, 0.2) is 0 Å². The number of carbonyl (C=O) groups is 1. The predicted molar refractivity (Wildman–Crippen MR) is 59.0 cm³/mol. The van der Waals surface area contributed by atoms with Crippen molar-refractivity contribution in [2.45, 2.75) is 41.5 Å². The van der Waals surface area contributed by atoms with Gasteiger partial charge in [0, 0.05) is 0 Å². The van der Waals surface area contributed by atoms with Crippen LogP contribution in [-0.4, -0.2) is 12.6 Å². The highest BCUT2D eigenvalue weighted by Gasteiger charge is 2.24. The lowest BCUT2D eigenvalue weighted by Crippen LogP contribution is -2.25. The van der Waals surface area contributed by atoms with Crippen molar-refractivity contribution in [2.75, 3.05) is 6.61 Å². The summed E-state index contributed by atoms with van der Waals surface area (Å²) >= 11 is 0. The molecular weight excluding hydrogens is 176 g/mol. The zero-order valence-electron chi connectivity index (χ0n) is 10.2. The van der Waals surface area contributed by atoms with Crippen LogP contribution in [0.4, 0.5) is 0 Å². The van der Waals surface area contributed by atoms with E-state index >= 15 is 0 Å². The van der Waals surface area contributed by atoms with E-state index in [0.29, 0.717) is 6.61 Å². The van der Waals surface area contributed by atoms with E-state index in [9.17, 15) is 4.79 Å². The molecule has 0 fully saturated rings. The molecule has 0 atom stereocenters. The minimum Gasteiger partial charge on any atom is -0.461 e. The number of esters is 1. The van der Waals surface area contributed by atoms with Crippen molar-refractivity contribution in [1.29, 1.82) is 0 Å². The van der Waals surface area contributed by atoms with Crippen molar-refractivity contribution in [3.63, 3.8) is 0 Å². The van der Waals surface area contributed by atoms with Crippen LogP contribution >= 0.6 is 0 Å². The van der Waals surface area contributed by atoms with Gasteiger partial charge in [0.1, 0.15) is 6.61 Å². The molecule has 0 aromatic heterocycles. The summed E-state index contributed by atoms with van der Waals surface area (Å²) in [5.41, 5.74) is 0.506. The molecule has 0 spiro atoms. The van der Waals surface area contributed by atoms with Crippen LogP contribution in [0.15, 0.2) is 12.2 Å². The molecular formula is C12H22O2. The normalized spacial score (nSPS) is 12.4. The Morgan fingerprint density at radius 1 is 1.07 bits per heavy atom. The fraction of sp³-hybridized carbons (Fsp3) is 0.750. The molecule has 0 aromatic carbocycles. The summed E-state index contributed by atoms with van der Waals surface area (Å²) in [5, 5.41) is 0. The van der Waals surface area contributed by atoms with Gasteiger partial charge in [-0.1, -0.05) is 27.4 Å². The van der Waals surface area contributed by atoms with E-state index in [-0.39, 0.29) is 11.4 Å². The Morgan fingerprint density at radius 2 is 1.50 bits per heavy atom. The molecule has 0 radical (unpaired) electrons. The van der Waals surface area contributed by atoms with Crippen molar-refractivity contribution in [3.8, 4) is 0 Å². The molecule has 82 valence electrons. The number of hydrogen-bond acceptors (Lipinski definition) is 2. The van der Waals surface area contributed by atoms with E-state index in [1.54, 1.807) is 0 Å². The fourth-order valence-electron chi connectivity index (χ4n) is 0.586. The standard InChI is InChI=1S/C12H22O2/c1-9(11(2,3)4)8-14-10(13)12(5,6)7/h1,8H2,2-7H3. The molecule has 0 aliphatic rings. The lowest BCUT2D eigenvalue weighted by atomic mass is 9.88. The van der Waals surface area contributed by atoms with Crippen molar-refractivity contribution in [2.24, 2.45) is 10.8 Å². The first-order valence-electron chi connectivity index (χ1n) is 4.90. The summed E-state index contributed by atoms with van der Waals surface area (Å²) in [6, 6.07) is 0. The van der Waals surface area contributed by atoms with Gasteiger partial charge in [-0.2, -0.15) is 0 Å². The molecule has 0 rings (SSSR count). The van der Waals surface area contributed by atoms with E-state index in [0.717, 1.165) is 5.57 Å². The van der Waals surface area contributed by atoms with Gasteiger partial charge in [0.05, 0.1) is 5.41 Å². The zero-order valence-corrected chi connectivity index (χ0v) is 10.2. The van der Waals surface area contributed by atoms with Gasteiger partial charge >= 0.3 is 5.97 Å². The molecule has 0 aliphatic heterocycles. The van der Waals surface area contributed by atoms with Crippen molar-refractivity contribution >= 4 is 5.97 Å². The third kappa shape index (κ3) is 4.45. The maximum Gasteiger partial charge on any atom is 0.311 e. The van der Waals surface area contributed by atoms with Crippen LogP contribution < -0.4 is 0 Å². The lowest BCUT2D eigenvalue weighted by Gasteiger charge is -2.23. The Balaban J connectivity index is 4.10. The fourth-order valence-corrected chi connectivity index (χ4v) is 0.586. The van der Waals surface area contributed by atoms with E-state index in [1.165, 1.54) is 0 Å². The molecule has 0 saturated carbocycles. The number of rotatable bonds is 2. The van der Waals surface area contributed by atoms with E-state index in [2.05, 4.69) is 27.4 Å². The largest absolute Gasteiger partial charge is 0.461 e. The molecule has 2 nitrogen and oxygen atoms in total. The van der Waals surface area contributed by atoms with Crippen LogP contribution in [0.3, 0.4) is 0 Å². The number of carbonyl (C=O) groups excluding carboxylic acids is 1. The topological polar surface area (TPSA) is 26.3 Å². The summed E-state index contributed by atoms with van der Waals surface area (Å²) in [6.45, 7) is 15.9. The zero-order chi connectivity index (χ0) is 11.6. The Kier molecular flexibility index (Phi) is 3.92. The summed E-state index contributed by atoms with van der Waals surface area (Å²) in [7, 11) is 0. The minimum absolute atomic E-state index is 0.00182. The molecule has 0 N–H and O–H groups in total. The van der Waals surface area contributed by atoms with Gasteiger partial charge in [-0.25, -0.2) is 0 Å². The molecule has 0 unspecified atom stereocenters. The molecule has 2 heteroatoms. The third-order valence-corrected chi connectivity index (χ3v) is 2.05. The SMILES string of the molecule is C=C(COC(=O)C(C)(C)C)C(C)(C)C. The average molecular weight is 198 g/mol. The maximum absolute atomic E-state index is 11.4. The lowest BCUT2D eigenvalue weighted by molar-refractivity contribution is -0.152. The highest BCUT2D eigenvalue weighted by atomic mass is 16.5. The van der Waals surface area contributed by atoms with Gasteiger partial charge in [-0.15, -0.1) is 0 Å². The second-order valence-corrected chi connectivity index (χ2v) is 5.68. The van der Waals surface area contributed by atoms with Gasteiger partial charge in [0.25, 0.3) is 0 Å². The van der Waals surface area contributed by atoms with Gasteiger partial charge in [0.2, 0.25) is 0 Å². The van der Waals surface area contributed by atoms with Crippen molar-refractivity contribution in [1.82, 2.24) is 0 Å². The van der Waals surface area contributed by atoms with Crippen LogP contribution in [0.5, 0.6) is 0 Å². The smallest absolute Gasteiger partial charge is 0.311 e. The number of ether oxygens (including phenoxy) is 1. The molecule has 0 amide bonds. The van der Waals surface area contributed by atoms with E-state index < -0.39 is 5.41 Å². The second-order valence-electron chi connectivity index (χ2n) is 5.68. The summed E-state index contributed by atoms with van der Waals surface area (Å²) in [5.74, 6) is -0.178. The average Bonchev–Trinajstić information content (AvgIpc) is 1.95. The highest BCUT2D eigenvalue weighted by Crippen LogP contribution is 2.24. The molecule has 14 heavy (non-hydrogen) atoms. The highest BCUT2D eigenvalue weighted by molar-refractivity contribution is 5.75. The van der Waals surface area contributed by atoms with Gasteiger partial charge < -0.3 is 4.74 Å². The Hall–Kier alpha value is -0.790. The van der Waals surface area contributed by atoms with Gasteiger partial charge in [-0.05, 0) is 31.8 Å². The summed E-state index contributed by atoms with van der Waals surface area (Å²) in [6.07, 6.45) is 0. The Morgan fingerprint density at radius 3 is 1.79 bits per heavy atom. The first-order valence-corrected chi connectivity index (χ1v) is 4.90. The molecule has 0 bridgehead atoms. The summed E-state index contributed by atoms with van der Waals surface area (Å²) in [4.78, 5) is 11.4. The van der Waals surface area contributed by atoms with Gasteiger partial charge in [-0.3, -0.25) is 4.79 Å². The Bertz CT molecular complexity index is 200. The minimum atomic E-state index is -0.432.